The van der Waals surface area contributed by atoms with Crippen molar-refractivity contribution in [3.63, 3.8) is 0 Å². The van der Waals surface area contributed by atoms with Gasteiger partial charge in [-0.25, -0.2) is 13.1 Å². The van der Waals surface area contributed by atoms with Gasteiger partial charge in [0, 0.05) is 24.0 Å². The molecule has 2 heterocycles. The molecule has 7 heteroatoms. The monoisotopic (exact) mass is 370 g/mol. The third-order valence-electron chi connectivity index (χ3n) is 5.21. The Morgan fingerprint density at radius 1 is 1.38 bits per heavy atom. The lowest BCUT2D eigenvalue weighted by atomic mass is 9.70. The molecule has 1 aromatic rings. The number of thiophene rings is 1. The molecule has 2 aliphatic rings. The fraction of sp³-hybridized carbons (Fsp3) is 0.706. The molecule has 1 unspecified atom stereocenters. The minimum atomic E-state index is -3.22. The van der Waals surface area contributed by atoms with Gasteiger partial charge in [-0.2, -0.15) is 0 Å². The Bertz CT molecular complexity index is 664. The van der Waals surface area contributed by atoms with Gasteiger partial charge in [0.05, 0.1) is 11.7 Å². The second kappa shape index (κ2) is 7.14. The topological polar surface area (TPSA) is 66.5 Å². The number of carbonyl (C=O) groups excluding carboxylic acids is 1. The predicted molar refractivity (Wildman–Crippen MR) is 96.5 cm³/mol. The molecule has 24 heavy (non-hydrogen) atoms. The van der Waals surface area contributed by atoms with Crippen molar-refractivity contribution < 1.29 is 13.2 Å². The summed E-state index contributed by atoms with van der Waals surface area (Å²) in [6, 6.07) is 4.02. The maximum atomic E-state index is 13.3. The summed E-state index contributed by atoms with van der Waals surface area (Å²) in [6.45, 7) is 1.15. The Labute approximate surface area is 148 Å². The average molecular weight is 371 g/mol. The molecule has 3 rings (SSSR count). The zero-order valence-corrected chi connectivity index (χ0v) is 15.8. The van der Waals surface area contributed by atoms with E-state index in [1.165, 1.54) is 17.6 Å². The maximum Gasteiger partial charge on any atom is 0.229 e. The standard InChI is InChI=1S/C17H26N2O3S2/c1-24(21,22)18-14-7-10-19(13-14)16(20)17(8-3-2-4-9-17)12-15-6-5-11-23-15/h5-6,11,14,18H,2-4,7-10,12-13H2,1H3. The molecular weight excluding hydrogens is 344 g/mol. The van der Waals surface area contributed by atoms with Crippen LogP contribution in [0.25, 0.3) is 0 Å². The van der Waals surface area contributed by atoms with E-state index in [-0.39, 0.29) is 17.4 Å². The fourth-order valence-electron chi connectivity index (χ4n) is 4.12. The van der Waals surface area contributed by atoms with Gasteiger partial charge in [-0.15, -0.1) is 11.3 Å². The molecule has 0 radical (unpaired) electrons. The van der Waals surface area contributed by atoms with E-state index in [1.807, 2.05) is 11.0 Å². The van der Waals surface area contributed by atoms with Crippen LogP contribution in [0.1, 0.15) is 43.4 Å². The normalized spacial score (nSPS) is 24.2. The van der Waals surface area contributed by atoms with Crippen LogP contribution in [-0.4, -0.2) is 44.6 Å². The van der Waals surface area contributed by atoms with Gasteiger partial charge < -0.3 is 4.90 Å². The Morgan fingerprint density at radius 2 is 2.12 bits per heavy atom. The van der Waals surface area contributed by atoms with Crippen LogP contribution in [0.3, 0.4) is 0 Å². The second-order valence-electron chi connectivity index (χ2n) is 7.22. The molecule has 0 spiro atoms. The molecule has 1 saturated heterocycles. The smallest absolute Gasteiger partial charge is 0.229 e. The van der Waals surface area contributed by atoms with E-state index >= 15 is 0 Å². The summed E-state index contributed by atoms with van der Waals surface area (Å²) in [5.74, 6) is 0.230. The summed E-state index contributed by atoms with van der Waals surface area (Å²) >= 11 is 1.72. The van der Waals surface area contributed by atoms with E-state index < -0.39 is 10.0 Å². The average Bonchev–Trinajstić information content (AvgIpc) is 3.18. The highest BCUT2D eigenvalue weighted by Gasteiger charge is 2.44. The van der Waals surface area contributed by atoms with E-state index in [9.17, 15) is 13.2 Å². The first-order valence-corrected chi connectivity index (χ1v) is 11.4. The van der Waals surface area contributed by atoms with Crippen molar-refractivity contribution in [3.8, 4) is 0 Å². The highest BCUT2D eigenvalue weighted by Crippen LogP contribution is 2.42. The molecule has 1 atom stereocenters. The van der Waals surface area contributed by atoms with Gasteiger partial charge in [0.1, 0.15) is 0 Å². The summed E-state index contributed by atoms with van der Waals surface area (Å²) in [4.78, 5) is 16.5. The zero-order chi connectivity index (χ0) is 17.2. The minimum absolute atomic E-state index is 0.147. The molecule has 1 aliphatic heterocycles. The molecule has 1 aliphatic carbocycles. The van der Waals surface area contributed by atoms with E-state index in [2.05, 4.69) is 16.2 Å². The second-order valence-corrected chi connectivity index (χ2v) is 10.0. The Hall–Kier alpha value is -0.920. The van der Waals surface area contributed by atoms with Crippen LogP contribution >= 0.6 is 11.3 Å². The zero-order valence-electron chi connectivity index (χ0n) is 14.2. The first-order valence-electron chi connectivity index (χ1n) is 8.67. The number of hydrogen-bond donors (Lipinski definition) is 1. The quantitative estimate of drug-likeness (QED) is 0.865. The lowest BCUT2D eigenvalue weighted by molar-refractivity contribution is -0.143. The predicted octanol–water partition coefficient (Wildman–Crippen LogP) is 2.39. The van der Waals surface area contributed by atoms with Gasteiger partial charge in [-0.3, -0.25) is 4.79 Å². The fourth-order valence-corrected chi connectivity index (χ4v) is 5.77. The van der Waals surface area contributed by atoms with Crippen LogP contribution in [0.4, 0.5) is 0 Å². The van der Waals surface area contributed by atoms with Crippen molar-refractivity contribution in [2.45, 2.75) is 51.0 Å². The lowest BCUT2D eigenvalue weighted by Crippen LogP contribution is -2.46. The van der Waals surface area contributed by atoms with E-state index in [0.717, 1.165) is 32.1 Å². The highest BCUT2D eigenvalue weighted by atomic mass is 32.2. The van der Waals surface area contributed by atoms with Crippen molar-refractivity contribution in [1.29, 1.82) is 0 Å². The number of sulfonamides is 1. The van der Waals surface area contributed by atoms with Crippen LogP contribution in [0.2, 0.25) is 0 Å². The summed E-state index contributed by atoms with van der Waals surface area (Å²) in [7, 11) is -3.22. The summed E-state index contributed by atoms with van der Waals surface area (Å²) in [5, 5.41) is 2.07. The molecule has 2 fully saturated rings. The Morgan fingerprint density at radius 3 is 2.75 bits per heavy atom. The molecular formula is C17H26N2O3S2. The molecule has 1 N–H and O–H groups in total. The summed E-state index contributed by atoms with van der Waals surface area (Å²) < 4.78 is 25.5. The van der Waals surface area contributed by atoms with E-state index in [1.54, 1.807) is 11.3 Å². The number of nitrogens with zero attached hydrogens (tertiary/aromatic N) is 1. The van der Waals surface area contributed by atoms with Crippen molar-refractivity contribution in [2.24, 2.45) is 5.41 Å². The largest absolute Gasteiger partial charge is 0.341 e. The van der Waals surface area contributed by atoms with Gasteiger partial charge in [-0.1, -0.05) is 25.3 Å². The summed E-state index contributed by atoms with van der Waals surface area (Å²) in [6.07, 6.45) is 8.02. The number of carbonyl (C=O) groups is 1. The first kappa shape index (κ1) is 17.9. The number of hydrogen-bond acceptors (Lipinski definition) is 4. The van der Waals surface area contributed by atoms with Crippen LogP contribution in [0.15, 0.2) is 17.5 Å². The van der Waals surface area contributed by atoms with Crippen LogP contribution in [0, 0.1) is 5.41 Å². The van der Waals surface area contributed by atoms with Gasteiger partial charge in [0.15, 0.2) is 0 Å². The maximum absolute atomic E-state index is 13.3. The number of likely N-dealkylation sites (tertiary alicyclic amines) is 1. The molecule has 0 bridgehead atoms. The molecule has 1 saturated carbocycles. The van der Waals surface area contributed by atoms with Gasteiger partial charge >= 0.3 is 0 Å². The van der Waals surface area contributed by atoms with Gasteiger partial charge in [0.2, 0.25) is 15.9 Å². The Balaban J connectivity index is 1.72. The highest BCUT2D eigenvalue weighted by molar-refractivity contribution is 7.88. The van der Waals surface area contributed by atoms with Crippen molar-refractivity contribution in [1.82, 2.24) is 9.62 Å². The molecule has 5 nitrogen and oxygen atoms in total. The van der Waals surface area contributed by atoms with Crippen LogP contribution < -0.4 is 4.72 Å². The third-order valence-corrected chi connectivity index (χ3v) is 6.85. The lowest BCUT2D eigenvalue weighted by Gasteiger charge is -2.38. The van der Waals surface area contributed by atoms with E-state index in [0.29, 0.717) is 19.5 Å². The van der Waals surface area contributed by atoms with E-state index in [4.69, 9.17) is 0 Å². The number of nitrogens with one attached hydrogen (secondary N) is 1. The van der Waals surface area contributed by atoms with Gasteiger partial charge in [-0.05, 0) is 37.1 Å². The number of rotatable bonds is 5. The molecule has 0 aromatic carbocycles. The molecule has 134 valence electrons. The first-order chi connectivity index (χ1) is 11.4. The number of amides is 1. The van der Waals surface area contributed by atoms with Gasteiger partial charge in [0.25, 0.3) is 0 Å². The Kier molecular flexibility index (Phi) is 5.32. The van der Waals surface area contributed by atoms with Crippen LogP contribution in [-0.2, 0) is 21.2 Å². The summed E-state index contributed by atoms with van der Waals surface area (Å²) in [5.41, 5.74) is -0.289. The minimum Gasteiger partial charge on any atom is -0.341 e. The van der Waals surface area contributed by atoms with Crippen molar-refractivity contribution in [2.75, 3.05) is 19.3 Å². The third kappa shape index (κ3) is 4.18. The molecule has 1 aromatic heterocycles. The van der Waals surface area contributed by atoms with Crippen LogP contribution in [0.5, 0.6) is 0 Å². The SMILES string of the molecule is CS(=O)(=O)NC1CCN(C(=O)C2(Cc3cccs3)CCCCC2)C1. The van der Waals surface area contributed by atoms with Crippen molar-refractivity contribution >= 4 is 27.3 Å². The molecule has 1 amide bonds. The van der Waals surface area contributed by atoms with Crippen molar-refractivity contribution in [3.05, 3.63) is 22.4 Å².